The van der Waals surface area contributed by atoms with Crippen molar-refractivity contribution in [2.75, 3.05) is 0 Å². The lowest BCUT2D eigenvalue weighted by molar-refractivity contribution is -0.147. The number of halogens is 1. The van der Waals surface area contributed by atoms with E-state index in [1.54, 1.807) is 19.1 Å². The molecule has 0 atom stereocenters. The van der Waals surface area contributed by atoms with E-state index in [0.717, 1.165) is 12.0 Å². The highest BCUT2D eigenvalue weighted by molar-refractivity contribution is 9.10. The van der Waals surface area contributed by atoms with E-state index >= 15 is 0 Å². The number of phenolic OH excluding ortho intramolecular Hbond substituents is 1. The SMILES string of the molecule is Cc1cc(C2(C(=O)O)CCC2)cc(Br)c1O. The summed E-state index contributed by atoms with van der Waals surface area (Å²) in [7, 11) is 0. The highest BCUT2D eigenvalue weighted by atomic mass is 79.9. The molecule has 16 heavy (non-hydrogen) atoms. The van der Waals surface area contributed by atoms with Crippen LogP contribution >= 0.6 is 15.9 Å². The zero-order chi connectivity index (χ0) is 11.9. The number of aliphatic carboxylic acids is 1. The molecule has 1 saturated carbocycles. The molecule has 3 nitrogen and oxygen atoms in total. The Bertz CT molecular complexity index is 427. The van der Waals surface area contributed by atoms with Gasteiger partial charge in [-0.25, -0.2) is 0 Å². The molecule has 0 amide bonds. The number of carboxylic acids is 1. The van der Waals surface area contributed by atoms with Crippen LogP contribution in [0.15, 0.2) is 16.6 Å². The third kappa shape index (κ3) is 1.52. The van der Waals surface area contributed by atoms with Crippen LogP contribution in [-0.2, 0) is 10.2 Å². The summed E-state index contributed by atoms with van der Waals surface area (Å²) in [5.74, 6) is -0.584. The van der Waals surface area contributed by atoms with Crippen molar-refractivity contribution in [3.8, 4) is 5.75 Å². The summed E-state index contributed by atoms with van der Waals surface area (Å²) < 4.78 is 0.565. The maximum Gasteiger partial charge on any atom is 0.314 e. The van der Waals surface area contributed by atoms with Crippen LogP contribution in [0.5, 0.6) is 5.75 Å². The van der Waals surface area contributed by atoms with Gasteiger partial charge in [0.1, 0.15) is 5.75 Å². The lowest BCUT2D eigenvalue weighted by Gasteiger charge is -2.38. The Morgan fingerprint density at radius 3 is 2.44 bits per heavy atom. The number of hydrogen-bond acceptors (Lipinski definition) is 2. The molecule has 0 bridgehead atoms. The molecule has 0 heterocycles. The first-order valence-electron chi connectivity index (χ1n) is 5.20. The fourth-order valence-corrected chi connectivity index (χ4v) is 2.73. The monoisotopic (exact) mass is 284 g/mol. The van der Waals surface area contributed by atoms with E-state index in [-0.39, 0.29) is 5.75 Å². The summed E-state index contributed by atoms with van der Waals surface area (Å²) in [6.07, 6.45) is 2.31. The first-order chi connectivity index (χ1) is 7.47. The molecular weight excluding hydrogens is 272 g/mol. The average Bonchev–Trinajstić information content (AvgIpc) is 2.11. The third-order valence-corrected chi connectivity index (χ3v) is 4.03. The molecule has 0 saturated heterocycles. The molecule has 1 aliphatic carbocycles. The zero-order valence-corrected chi connectivity index (χ0v) is 10.5. The van der Waals surface area contributed by atoms with Gasteiger partial charge in [-0.2, -0.15) is 0 Å². The van der Waals surface area contributed by atoms with Crippen LogP contribution in [0.25, 0.3) is 0 Å². The second kappa shape index (κ2) is 3.77. The van der Waals surface area contributed by atoms with Crippen molar-refractivity contribution >= 4 is 21.9 Å². The van der Waals surface area contributed by atoms with Crippen molar-refractivity contribution in [1.82, 2.24) is 0 Å². The van der Waals surface area contributed by atoms with Gasteiger partial charge < -0.3 is 10.2 Å². The topological polar surface area (TPSA) is 57.5 Å². The first kappa shape index (κ1) is 11.5. The minimum Gasteiger partial charge on any atom is -0.506 e. The largest absolute Gasteiger partial charge is 0.506 e. The van der Waals surface area contributed by atoms with Gasteiger partial charge >= 0.3 is 5.97 Å². The van der Waals surface area contributed by atoms with Crippen LogP contribution < -0.4 is 0 Å². The minimum absolute atomic E-state index is 0.184. The lowest BCUT2D eigenvalue weighted by atomic mass is 9.64. The van der Waals surface area contributed by atoms with E-state index in [2.05, 4.69) is 15.9 Å². The lowest BCUT2D eigenvalue weighted by Crippen LogP contribution is -2.42. The second-order valence-corrected chi connectivity index (χ2v) is 5.22. The van der Waals surface area contributed by atoms with Crippen LogP contribution in [-0.4, -0.2) is 16.2 Å². The summed E-state index contributed by atoms with van der Waals surface area (Å²) >= 11 is 3.25. The molecule has 1 fully saturated rings. The van der Waals surface area contributed by atoms with Gasteiger partial charge in [0.2, 0.25) is 0 Å². The Balaban J connectivity index is 2.52. The van der Waals surface area contributed by atoms with Gasteiger partial charge in [0.25, 0.3) is 0 Å². The Kier molecular flexibility index (Phi) is 2.70. The standard InChI is InChI=1S/C12H13BrO3/c1-7-5-8(6-9(13)10(7)14)12(11(15)16)3-2-4-12/h5-6,14H,2-4H2,1H3,(H,15,16). The van der Waals surface area contributed by atoms with Gasteiger partial charge in [-0.05, 0) is 52.9 Å². The number of carboxylic acid groups (broad SMARTS) is 1. The molecule has 1 aromatic carbocycles. The highest BCUT2D eigenvalue weighted by Crippen LogP contribution is 2.46. The van der Waals surface area contributed by atoms with E-state index in [1.165, 1.54) is 0 Å². The molecule has 2 rings (SSSR count). The van der Waals surface area contributed by atoms with Gasteiger partial charge in [0.05, 0.1) is 9.89 Å². The minimum atomic E-state index is -0.768. The van der Waals surface area contributed by atoms with E-state index in [9.17, 15) is 15.0 Å². The summed E-state index contributed by atoms with van der Waals surface area (Å²) in [6, 6.07) is 3.49. The molecule has 1 aromatic rings. The maximum absolute atomic E-state index is 11.3. The van der Waals surface area contributed by atoms with Crippen LogP contribution in [0.2, 0.25) is 0 Å². The first-order valence-corrected chi connectivity index (χ1v) is 6.00. The van der Waals surface area contributed by atoms with Gasteiger partial charge in [0, 0.05) is 0 Å². The van der Waals surface area contributed by atoms with Crippen molar-refractivity contribution in [3.05, 3.63) is 27.7 Å². The number of phenols is 1. The fraction of sp³-hybridized carbons (Fsp3) is 0.417. The molecule has 1 aliphatic rings. The van der Waals surface area contributed by atoms with Gasteiger partial charge in [-0.3, -0.25) is 4.79 Å². The van der Waals surface area contributed by atoms with Gasteiger partial charge in [-0.1, -0.05) is 12.5 Å². The van der Waals surface area contributed by atoms with Crippen LogP contribution in [0.3, 0.4) is 0 Å². The summed E-state index contributed by atoms with van der Waals surface area (Å²) in [4.78, 5) is 11.3. The van der Waals surface area contributed by atoms with E-state index in [0.29, 0.717) is 22.9 Å². The molecule has 0 spiro atoms. The predicted molar refractivity (Wildman–Crippen MR) is 63.7 cm³/mol. The molecule has 0 radical (unpaired) electrons. The Labute approximate surface area is 102 Å². The highest BCUT2D eigenvalue weighted by Gasteiger charge is 2.46. The number of aromatic hydroxyl groups is 1. The van der Waals surface area contributed by atoms with E-state index in [1.807, 2.05) is 0 Å². The Morgan fingerprint density at radius 1 is 1.44 bits per heavy atom. The average molecular weight is 285 g/mol. The van der Waals surface area contributed by atoms with Crippen molar-refractivity contribution < 1.29 is 15.0 Å². The third-order valence-electron chi connectivity index (χ3n) is 3.42. The van der Waals surface area contributed by atoms with Gasteiger partial charge in [-0.15, -0.1) is 0 Å². The fourth-order valence-electron chi connectivity index (χ4n) is 2.17. The maximum atomic E-state index is 11.3. The molecule has 0 unspecified atom stereocenters. The predicted octanol–water partition coefficient (Wildman–Crippen LogP) is 2.97. The van der Waals surface area contributed by atoms with E-state index in [4.69, 9.17) is 0 Å². The smallest absolute Gasteiger partial charge is 0.314 e. The van der Waals surface area contributed by atoms with Crippen LogP contribution in [0.4, 0.5) is 0 Å². The zero-order valence-electron chi connectivity index (χ0n) is 8.96. The Hall–Kier alpha value is -1.03. The van der Waals surface area contributed by atoms with Crippen molar-refractivity contribution in [3.63, 3.8) is 0 Å². The molecule has 2 N–H and O–H groups in total. The molecule has 0 aliphatic heterocycles. The second-order valence-electron chi connectivity index (χ2n) is 4.36. The summed E-state index contributed by atoms with van der Waals surface area (Å²) in [6.45, 7) is 1.78. The van der Waals surface area contributed by atoms with Gasteiger partial charge in [0.15, 0.2) is 0 Å². The Morgan fingerprint density at radius 2 is 2.06 bits per heavy atom. The van der Waals surface area contributed by atoms with Crippen molar-refractivity contribution in [2.24, 2.45) is 0 Å². The molecule has 86 valence electrons. The quantitative estimate of drug-likeness (QED) is 0.878. The van der Waals surface area contributed by atoms with Crippen LogP contribution in [0.1, 0.15) is 30.4 Å². The van der Waals surface area contributed by atoms with Crippen molar-refractivity contribution in [1.29, 1.82) is 0 Å². The van der Waals surface area contributed by atoms with Crippen molar-refractivity contribution in [2.45, 2.75) is 31.6 Å². The number of aryl methyl sites for hydroxylation is 1. The molecule has 0 aromatic heterocycles. The number of carbonyl (C=O) groups is 1. The molecular formula is C12H13BrO3. The number of benzene rings is 1. The van der Waals surface area contributed by atoms with Crippen LogP contribution in [0, 0.1) is 6.92 Å². The summed E-state index contributed by atoms with van der Waals surface area (Å²) in [5.41, 5.74) is 0.756. The normalized spacial score (nSPS) is 17.9. The number of rotatable bonds is 2. The number of hydrogen-bond donors (Lipinski definition) is 2. The molecule has 4 heteroatoms. The van der Waals surface area contributed by atoms with E-state index < -0.39 is 11.4 Å². The summed E-state index contributed by atoms with van der Waals surface area (Å²) in [5, 5.41) is 18.9.